The van der Waals surface area contributed by atoms with Crippen molar-refractivity contribution in [2.24, 2.45) is 5.73 Å². The van der Waals surface area contributed by atoms with Crippen LogP contribution in [0.25, 0.3) is 22.4 Å². The van der Waals surface area contributed by atoms with Crippen LogP contribution in [0, 0.1) is 0 Å². The van der Waals surface area contributed by atoms with Gasteiger partial charge in [0.1, 0.15) is 11.3 Å². The molecule has 2 heterocycles. The Labute approximate surface area is 108 Å². The molecule has 1 amide bonds. The van der Waals surface area contributed by atoms with Crippen molar-refractivity contribution in [3.63, 3.8) is 0 Å². The summed E-state index contributed by atoms with van der Waals surface area (Å²) >= 11 is 0. The molecule has 0 bridgehead atoms. The van der Waals surface area contributed by atoms with Gasteiger partial charge in [-0.05, 0) is 24.3 Å². The summed E-state index contributed by atoms with van der Waals surface area (Å²) in [4.78, 5) is 22.4. The molecule has 3 N–H and O–H groups in total. The molecule has 0 saturated heterocycles. The predicted octanol–water partition coefficient (Wildman–Crippen LogP) is 2.08. The van der Waals surface area contributed by atoms with Crippen LogP contribution in [-0.2, 0) is 0 Å². The van der Waals surface area contributed by atoms with Gasteiger partial charge in [0.05, 0.1) is 5.52 Å². The molecule has 0 saturated carbocycles. The van der Waals surface area contributed by atoms with Crippen molar-refractivity contribution in [3.05, 3.63) is 42.7 Å². The third-order valence-electron chi connectivity index (χ3n) is 2.64. The summed E-state index contributed by atoms with van der Waals surface area (Å²) < 4.78 is 4.92. The quantitative estimate of drug-likeness (QED) is 0.732. The Morgan fingerprint density at radius 3 is 2.74 bits per heavy atom. The molecule has 19 heavy (non-hydrogen) atoms. The molecular weight excluding hydrogens is 244 g/mol. The van der Waals surface area contributed by atoms with Crippen LogP contribution >= 0.6 is 0 Å². The number of aromatic nitrogens is 3. The van der Waals surface area contributed by atoms with Gasteiger partial charge in [-0.3, -0.25) is 4.98 Å². The number of imidazole rings is 1. The molecule has 2 aromatic heterocycles. The number of hydrogen-bond donors (Lipinski definition) is 2. The number of H-pyrrole nitrogens is 1. The van der Waals surface area contributed by atoms with Crippen molar-refractivity contribution in [3.8, 4) is 17.1 Å². The van der Waals surface area contributed by atoms with Crippen molar-refractivity contribution in [2.45, 2.75) is 0 Å². The van der Waals surface area contributed by atoms with E-state index in [1.165, 1.54) is 0 Å². The number of para-hydroxylation sites is 1. The fourth-order valence-electron chi connectivity index (χ4n) is 1.84. The van der Waals surface area contributed by atoms with Crippen LogP contribution in [-0.4, -0.2) is 21.0 Å². The first kappa shape index (κ1) is 11.2. The number of amides is 1. The maximum atomic E-state index is 10.8. The zero-order valence-electron chi connectivity index (χ0n) is 9.83. The van der Waals surface area contributed by atoms with E-state index in [9.17, 15) is 4.79 Å². The minimum Gasteiger partial charge on any atom is -0.408 e. The van der Waals surface area contributed by atoms with E-state index in [2.05, 4.69) is 15.0 Å². The van der Waals surface area contributed by atoms with Crippen LogP contribution in [0.3, 0.4) is 0 Å². The molecule has 0 radical (unpaired) electrons. The van der Waals surface area contributed by atoms with Gasteiger partial charge in [0.15, 0.2) is 5.75 Å². The molecular formula is C13H10N4O2. The highest BCUT2D eigenvalue weighted by molar-refractivity contribution is 5.86. The Bertz CT molecular complexity index is 737. The van der Waals surface area contributed by atoms with E-state index >= 15 is 0 Å². The topological polar surface area (TPSA) is 93.9 Å². The average molecular weight is 254 g/mol. The third kappa shape index (κ3) is 2.11. The molecule has 3 aromatic rings. The summed E-state index contributed by atoms with van der Waals surface area (Å²) in [6.45, 7) is 0. The van der Waals surface area contributed by atoms with Crippen LogP contribution < -0.4 is 10.5 Å². The van der Waals surface area contributed by atoms with Crippen LogP contribution in [0.5, 0.6) is 5.75 Å². The highest BCUT2D eigenvalue weighted by Crippen LogP contribution is 2.26. The molecule has 0 aliphatic rings. The van der Waals surface area contributed by atoms with Gasteiger partial charge in [-0.25, -0.2) is 9.78 Å². The summed E-state index contributed by atoms with van der Waals surface area (Å²) in [5.41, 5.74) is 7.26. The summed E-state index contributed by atoms with van der Waals surface area (Å²) in [6.07, 6.45) is 2.51. The highest BCUT2D eigenvalue weighted by atomic mass is 16.5. The lowest BCUT2D eigenvalue weighted by atomic mass is 10.2. The highest BCUT2D eigenvalue weighted by Gasteiger charge is 2.11. The standard InChI is InChI=1S/C13H10N4O2/c14-13(18)19-10-3-1-2-9-11(10)17-12(16-9)8-4-6-15-7-5-8/h1-7H,(H2,14,18)(H,16,17). The van der Waals surface area contributed by atoms with Gasteiger partial charge < -0.3 is 15.5 Å². The molecule has 6 heteroatoms. The molecule has 3 rings (SSSR count). The number of carbonyl (C=O) groups excluding carboxylic acids is 1. The monoisotopic (exact) mass is 254 g/mol. The number of nitrogens with two attached hydrogens (primary N) is 1. The molecule has 0 spiro atoms. The molecule has 6 nitrogen and oxygen atoms in total. The minimum absolute atomic E-state index is 0.335. The van der Waals surface area contributed by atoms with Crippen molar-refractivity contribution >= 4 is 17.1 Å². The minimum atomic E-state index is -0.860. The SMILES string of the molecule is NC(=O)Oc1cccc2[nH]c(-c3ccncc3)nc12. The van der Waals surface area contributed by atoms with Crippen LogP contribution in [0.4, 0.5) is 4.79 Å². The number of fused-ring (bicyclic) bond motifs is 1. The lowest BCUT2D eigenvalue weighted by Gasteiger charge is -1.99. The van der Waals surface area contributed by atoms with Crippen molar-refractivity contribution < 1.29 is 9.53 Å². The van der Waals surface area contributed by atoms with Crippen molar-refractivity contribution in [1.29, 1.82) is 0 Å². The number of pyridine rings is 1. The number of nitrogens with one attached hydrogen (secondary N) is 1. The number of rotatable bonds is 2. The Hall–Kier alpha value is -2.89. The Morgan fingerprint density at radius 1 is 1.21 bits per heavy atom. The van der Waals surface area contributed by atoms with Crippen molar-refractivity contribution in [2.75, 3.05) is 0 Å². The molecule has 0 aliphatic carbocycles. The van der Waals surface area contributed by atoms with Crippen LogP contribution in [0.1, 0.15) is 0 Å². The van der Waals surface area contributed by atoms with Crippen LogP contribution in [0.2, 0.25) is 0 Å². The van der Waals surface area contributed by atoms with Gasteiger partial charge in [-0.2, -0.15) is 0 Å². The van der Waals surface area contributed by atoms with Gasteiger partial charge in [-0.15, -0.1) is 0 Å². The molecule has 0 atom stereocenters. The van der Waals surface area contributed by atoms with Gasteiger partial charge in [-0.1, -0.05) is 6.07 Å². The molecule has 94 valence electrons. The van der Waals surface area contributed by atoms with E-state index in [0.29, 0.717) is 17.1 Å². The predicted molar refractivity (Wildman–Crippen MR) is 69.5 cm³/mol. The molecule has 1 aromatic carbocycles. The first-order valence-electron chi connectivity index (χ1n) is 5.60. The van der Waals surface area contributed by atoms with E-state index in [1.807, 2.05) is 18.2 Å². The zero-order chi connectivity index (χ0) is 13.2. The number of hydrogen-bond acceptors (Lipinski definition) is 4. The fraction of sp³-hybridized carbons (Fsp3) is 0. The number of nitrogens with zero attached hydrogens (tertiary/aromatic N) is 2. The normalized spacial score (nSPS) is 10.5. The Kier molecular flexibility index (Phi) is 2.60. The largest absolute Gasteiger partial charge is 0.410 e. The fourth-order valence-corrected chi connectivity index (χ4v) is 1.84. The number of benzene rings is 1. The number of ether oxygens (including phenoxy) is 1. The molecule has 0 unspecified atom stereocenters. The summed E-state index contributed by atoms with van der Waals surface area (Å²) in [5, 5.41) is 0. The summed E-state index contributed by atoms with van der Waals surface area (Å²) in [7, 11) is 0. The van der Waals surface area contributed by atoms with Gasteiger partial charge in [0.25, 0.3) is 0 Å². The smallest absolute Gasteiger partial charge is 0.408 e. The first-order valence-corrected chi connectivity index (χ1v) is 5.60. The summed E-state index contributed by atoms with van der Waals surface area (Å²) in [5.74, 6) is 1.01. The average Bonchev–Trinajstić information content (AvgIpc) is 2.84. The Balaban J connectivity index is 2.13. The lowest BCUT2D eigenvalue weighted by Crippen LogP contribution is -2.16. The van der Waals surface area contributed by atoms with E-state index in [-0.39, 0.29) is 0 Å². The second-order valence-corrected chi connectivity index (χ2v) is 3.89. The molecule has 0 fully saturated rings. The third-order valence-corrected chi connectivity index (χ3v) is 2.64. The second-order valence-electron chi connectivity index (χ2n) is 3.89. The maximum absolute atomic E-state index is 10.8. The molecule has 0 aliphatic heterocycles. The second kappa shape index (κ2) is 4.41. The van der Waals surface area contributed by atoms with Gasteiger partial charge in [0.2, 0.25) is 0 Å². The van der Waals surface area contributed by atoms with E-state index in [0.717, 1.165) is 11.1 Å². The lowest BCUT2D eigenvalue weighted by molar-refractivity contribution is 0.211. The van der Waals surface area contributed by atoms with Crippen LogP contribution in [0.15, 0.2) is 42.7 Å². The zero-order valence-corrected chi connectivity index (χ0v) is 9.83. The van der Waals surface area contributed by atoms with E-state index in [4.69, 9.17) is 10.5 Å². The summed E-state index contributed by atoms with van der Waals surface area (Å²) in [6, 6.07) is 8.93. The number of primary amides is 1. The van der Waals surface area contributed by atoms with E-state index in [1.54, 1.807) is 24.5 Å². The first-order chi connectivity index (χ1) is 9.24. The maximum Gasteiger partial charge on any atom is 0.410 e. The number of aromatic amines is 1. The van der Waals surface area contributed by atoms with Crippen molar-refractivity contribution in [1.82, 2.24) is 15.0 Å². The Morgan fingerprint density at radius 2 is 2.00 bits per heavy atom. The van der Waals surface area contributed by atoms with E-state index < -0.39 is 6.09 Å². The number of carbonyl (C=O) groups is 1. The van der Waals surface area contributed by atoms with Gasteiger partial charge in [0, 0.05) is 18.0 Å². The van der Waals surface area contributed by atoms with Gasteiger partial charge >= 0.3 is 6.09 Å².